The fourth-order valence-electron chi connectivity index (χ4n) is 4.15. The van der Waals surface area contributed by atoms with E-state index < -0.39 is 6.04 Å². The monoisotopic (exact) mass is 429 g/mol. The van der Waals surface area contributed by atoms with Gasteiger partial charge in [0.25, 0.3) is 5.56 Å². The fraction of sp³-hybridized carbons (Fsp3) is 0.280. The SMILES string of the molecule is CC[C@H](C(=O)Nc1cc(C)cc(C)c1)n1nc(C)c2nn(-c3ccccc3)c(C)c2c1=O. The molecular weight excluding hydrogens is 402 g/mol. The molecule has 0 radical (unpaired) electrons. The van der Waals surface area contributed by atoms with Crippen LogP contribution in [-0.4, -0.2) is 25.5 Å². The van der Waals surface area contributed by atoms with Gasteiger partial charge in [-0.25, -0.2) is 9.36 Å². The molecule has 4 rings (SSSR count). The van der Waals surface area contributed by atoms with E-state index in [9.17, 15) is 9.59 Å². The molecular formula is C25H27N5O2. The molecule has 32 heavy (non-hydrogen) atoms. The Hall–Kier alpha value is -3.74. The van der Waals surface area contributed by atoms with E-state index in [4.69, 9.17) is 0 Å². The molecule has 164 valence electrons. The first kappa shape index (κ1) is 21.5. The van der Waals surface area contributed by atoms with E-state index in [2.05, 4.69) is 15.5 Å². The van der Waals surface area contributed by atoms with Crippen molar-refractivity contribution in [2.24, 2.45) is 0 Å². The second-order valence-electron chi connectivity index (χ2n) is 8.18. The summed E-state index contributed by atoms with van der Waals surface area (Å²) in [7, 11) is 0. The van der Waals surface area contributed by atoms with Crippen LogP contribution < -0.4 is 10.9 Å². The van der Waals surface area contributed by atoms with E-state index in [0.717, 1.165) is 22.5 Å². The highest BCUT2D eigenvalue weighted by atomic mass is 16.2. The van der Waals surface area contributed by atoms with Gasteiger partial charge in [0.05, 0.1) is 22.5 Å². The lowest BCUT2D eigenvalue weighted by atomic mass is 10.1. The second-order valence-corrected chi connectivity index (χ2v) is 8.18. The van der Waals surface area contributed by atoms with Crippen molar-refractivity contribution in [1.82, 2.24) is 19.6 Å². The molecule has 1 atom stereocenters. The zero-order chi connectivity index (χ0) is 23.0. The van der Waals surface area contributed by atoms with Crippen LogP contribution in [-0.2, 0) is 4.79 Å². The van der Waals surface area contributed by atoms with Gasteiger partial charge in [0, 0.05) is 5.69 Å². The smallest absolute Gasteiger partial charge is 0.278 e. The fourth-order valence-corrected chi connectivity index (χ4v) is 4.15. The molecule has 0 saturated heterocycles. The Morgan fingerprint density at radius 3 is 2.28 bits per heavy atom. The summed E-state index contributed by atoms with van der Waals surface area (Å²) in [5.41, 5.74) is 5.27. The zero-order valence-electron chi connectivity index (χ0n) is 19.0. The maximum Gasteiger partial charge on any atom is 0.278 e. The van der Waals surface area contributed by atoms with Crippen LogP contribution in [0.25, 0.3) is 16.6 Å². The molecule has 1 amide bonds. The first-order valence-corrected chi connectivity index (χ1v) is 10.7. The summed E-state index contributed by atoms with van der Waals surface area (Å²) in [6.07, 6.45) is 0.431. The van der Waals surface area contributed by atoms with Crippen LogP contribution in [0.2, 0.25) is 0 Å². The number of hydrogen-bond acceptors (Lipinski definition) is 4. The number of rotatable bonds is 5. The van der Waals surface area contributed by atoms with Gasteiger partial charge >= 0.3 is 0 Å². The minimum atomic E-state index is -0.731. The maximum absolute atomic E-state index is 13.5. The van der Waals surface area contributed by atoms with Crippen molar-refractivity contribution < 1.29 is 4.79 Å². The summed E-state index contributed by atoms with van der Waals surface area (Å²) in [5, 5.41) is 12.6. The van der Waals surface area contributed by atoms with Crippen molar-refractivity contribution in [3.63, 3.8) is 0 Å². The molecule has 1 N–H and O–H groups in total. The van der Waals surface area contributed by atoms with Gasteiger partial charge in [-0.05, 0) is 69.5 Å². The quantitative estimate of drug-likeness (QED) is 0.510. The first-order valence-electron chi connectivity index (χ1n) is 10.7. The Bertz CT molecular complexity index is 1350. The highest BCUT2D eigenvalue weighted by Crippen LogP contribution is 2.22. The number of carbonyl (C=O) groups is 1. The lowest BCUT2D eigenvalue weighted by Crippen LogP contribution is -2.35. The van der Waals surface area contributed by atoms with E-state index >= 15 is 0 Å². The number of aromatic nitrogens is 4. The number of nitrogens with one attached hydrogen (secondary N) is 1. The number of carbonyl (C=O) groups excluding carboxylic acids is 1. The molecule has 0 aliphatic rings. The number of para-hydroxylation sites is 1. The Labute approximate surface area is 186 Å². The molecule has 7 heteroatoms. The number of hydrogen-bond donors (Lipinski definition) is 1. The minimum absolute atomic E-state index is 0.265. The summed E-state index contributed by atoms with van der Waals surface area (Å²) < 4.78 is 3.06. The number of aryl methyl sites for hydroxylation is 4. The van der Waals surface area contributed by atoms with Crippen LogP contribution in [0.5, 0.6) is 0 Å². The Morgan fingerprint density at radius 1 is 1.00 bits per heavy atom. The number of fused-ring (bicyclic) bond motifs is 1. The highest BCUT2D eigenvalue weighted by molar-refractivity contribution is 5.94. The van der Waals surface area contributed by atoms with Gasteiger partial charge in [0.1, 0.15) is 11.6 Å². The molecule has 0 unspecified atom stereocenters. The molecule has 0 saturated carbocycles. The topological polar surface area (TPSA) is 81.8 Å². The summed E-state index contributed by atoms with van der Waals surface area (Å²) >= 11 is 0. The van der Waals surface area contributed by atoms with Crippen molar-refractivity contribution in [3.05, 3.63) is 81.4 Å². The Balaban J connectivity index is 1.79. The molecule has 4 aromatic rings. The lowest BCUT2D eigenvalue weighted by molar-refractivity contribution is -0.119. The number of anilines is 1. The third-order valence-corrected chi connectivity index (χ3v) is 5.61. The molecule has 0 fully saturated rings. The van der Waals surface area contributed by atoms with Gasteiger partial charge in [-0.3, -0.25) is 9.59 Å². The van der Waals surface area contributed by atoms with Gasteiger partial charge in [0.2, 0.25) is 5.91 Å². The Kier molecular flexibility index (Phi) is 5.65. The standard InChI is InChI=1S/C25H27N5O2/c1-6-21(24(31)26-19-13-15(2)12-16(3)14-19)30-25(32)22-18(5)29(20-10-8-7-9-11-20)28-23(22)17(4)27-30/h7-14,21H,6H2,1-5H3,(H,26,31)/t21-/m1/s1. The van der Waals surface area contributed by atoms with Crippen molar-refractivity contribution in [2.45, 2.75) is 47.1 Å². The minimum Gasteiger partial charge on any atom is -0.324 e. The van der Waals surface area contributed by atoms with E-state index in [1.165, 1.54) is 4.68 Å². The van der Waals surface area contributed by atoms with Crippen LogP contribution in [0.3, 0.4) is 0 Å². The van der Waals surface area contributed by atoms with Crippen molar-refractivity contribution in [3.8, 4) is 5.69 Å². The van der Waals surface area contributed by atoms with Crippen molar-refractivity contribution in [2.75, 3.05) is 5.32 Å². The predicted octanol–water partition coefficient (Wildman–Crippen LogP) is 4.41. The molecule has 0 spiro atoms. The first-order chi connectivity index (χ1) is 15.3. The normalized spacial score (nSPS) is 12.2. The van der Waals surface area contributed by atoms with E-state index in [1.807, 2.05) is 83.1 Å². The summed E-state index contributed by atoms with van der Waals surface area (Å²) in [6, 6.07) is 14.8. The van der Waals surface area contributed by atoms with E-state index in [-0.39, 0.29) is 11.5 Å². The van der Waals surface area contributed by atoms with Gasteiger partial charge < -0.3 is 5.32 Å². The van der Waals surface area contributed by atoms with Gasteiger partial charge in [-0.1, -0.05) is 31.2 Å². The van der Waals surface area contributed by atoms with Crippen molar-refractivity contribution >= 4 is 22.5 Å². The molecule has 0 aliphatic carbocycles. The number of amides is 1. The summed E-state index contributed by atoms with van der Waals surface area (Å²) in [5.74, 6) is -0.265. The van der Waals surface area contributed by atoms with E-state index in [1.54, 1.807) is 4.68 Å². The number of nitrogens with zero attached hydrogens (tertiary/aromatic N) is 4. The van der Waals surface area contributed by atoms with E-state index in [0.29, 0.717) is 28.7 Å². The average molecular weight is 430 g/mol. The van der Waals surface area contributed by atoms with Crippen LogP contribution in [0.1, 0.15) is 41.9 Å². The zero-order valence-corrected chi connectivity index (χ0v) is 19.0. The molecule has 0 bridgehead atoms. The molecule has 2 aromatic carbocycles. The van der Waals surface area contributed by atoms with Crippen LogP contribution >= 0.6 is 0 Å². The number of benzene rings is 2. The van der Waals surface area contributed by atoms with Gasteiger partial charge in [-0.2, -0.15) is 10.2 Å². The molecule has 2 heterocycles. The van der Waals surface area contributed by atoms with Crippen LogP contribution in [0, 0.1) is 27.7 Å². The Morgan fingerprint density at radius 2 is 1.66 bits per heavy atom. The summed E-state index contributed by atoms with van der Waals surface area (Å²) in [4.78, 5) is 26.6. The van der Waals surface area contributed by atoms with Crippen LogP contribution in [0.15, 0.2) is 53.3 Å². The summed E-state index contributed by atoms with van der Waals surface area (Å²) in [6.45, 7) is 9.52. The van der Waals surface area contributed by atoms with Gasteiger partial charge in [0.15, 0.2) is 0 Å². The lowest BCUT2D eigenvalue weighted by Gasteiger charge is -2.18. The largest absolute Gasteiger partial charge is 0.324 e. The molecule has 0 aliphatic heterocycles. The van der Waals surface area contributed by atoms with Gasteiger partial charge in [-0.15, -0.1) is 0 Å². The molecule has 2 aromatic heterocycles. The second kappa shape index (κ2) is 8.42. The third-order valence-electron chi connectivity index (χ3n) is 5.61. The predicted molar refractivity (Wildman–Crippen MR) is 126 cm³/mol. The van der Waals surface area contributed by atoms with Crippen molar-refractivity contribution in [1.29, 1.82) is 0 Å². The maximum atomic E-state index is 13.5. The third kappa shape index (κ3) is 3.82. The van der Waals surface area contributed by atoms with Crippen LogP contribution in [0.4, 0.5) is 5.69 Å². The highest BCUT2D eigenvalue weighted by Gasteiger charge is 2.25. The average Bonchev–Trinajstić information content (AvgIpc) is 3.10. The molecule has 7 nitrogen and oxygen atoms in total.